The molecule has 0 aliphatic carbocycles. The van der Waals surface area contributed by atoms with Gasteiger partial charge in [-0.05, 0) is 30.7 Å². The molecule has 2 rings (SSSR count). The Morgan fingerprint density at radius 1 is 1.25 bits per heavy atom. The summed E-state index contributed by atoms with van der Waals surface area (Å²) in [5, 5.41) is 5.67. The molecule has 0 unspecified atom stereocenters. The van der Waals surface area contributed by atoms with Gasteiger partial charge < -0.3 is 15.5 Å². The zero-order valence-corrected chi connectivity index (χ0v) is 14.4. The van der Waals surface area contributed by atoms with Crippen LogP contribution in [-0.2, 0) is 4.79 Å². The Hall–Kier alpha value is -2.67. The monoisotopic (exact) mass is 347 g/mol. The van der Waals surface area contributed by atoms with Gasteiger partial charge in [0, 0.05) is 25.9 Å². The van der Waals surface area contributed by atoms with Gasteiger partial charge >= 0.3 is 0 Å². The number of amides is 2. The summed E-state index contributed by atoms with van der Waals surface area (Å²) in [6.07, 6.45) is 1.66. The molecule has 2 amide bonds. The van der Waals surface area contributed by atoms with Gasteiger partial charge in [-0.25, -0.2) is 9.97 Å². The van der Waals surface area contributed by atoms with Crippen LogP contribution in [0.2, 0.25) is 5.15 Å². The number of anilines is 2. The lowest BCUT2D eigenvalue weighted by atomic mass is 10.2. The number of halogens is 1. The molecule has 0 atom stereocenters. The molecule has 2 N–H and O–H groups in total. The van der Waals surface area contributed by atoms with E-state index in [0.717, 1.165) is 5.56 Å². The first-order valence-corrected chi connectivity index (χ1v) is 7.60. The number of nitrogens with one attached hydrogen (secondary N) is 2. The van der Waals surface area contributed by atoms with Gasteiger partial charge in [0.25, 0.3) is 5.91 Å². The minimum atomic E-state index is -0.337. The Morgan fingerprint density at radius 2 is 2.00 bits per heavy atom. The van der Waals surface area contributed by atoms with Gasteiger partial charge in [0.05, 0.1) is 6.54 Å². The Morgan fingerprint density at radius 3 is 2.62 bits per heavy atom. The lowest BCUT2D eigenvalue weighted by molar-refractivity contribution is -0.116. The molecule has 2 aromatic heterocycles. The molecular weight excluding hydrogens is 330 g/mol. The Bertz CT molecular complexity index is 749. The minimum absolute atomic E-state index is 0.108. The highest BCUT2D eigenvalue weighted by Crippen LogP contribution is 2.15. The van der Waals surface area contributed by atoms with Gasteiger partial charge in [0.2, 0.25) is 5.91 Å². The minimum Gasteiger partial charge on any atom is -0.373 e. The molecule has 0 aliphatic heterocycles. The maximum Gasteiger partial charge on any atom is 0.254 e. The molecule has 8 heteroatoms. The normalized spacial score (nSPS) is 10.2. The van der Waals surface area contributed by atoms with Gasteiger partial charge in [-0.15, -0.1) is 0 Å². The van der Waals surface area contributed by atoms with Crippen LogP contribution in [0.4, 0.5) is 11.6 Å². The molecule has 0 radical (unpaired) electrons. The molecule has 0 saturated carbocycles. The van der Waals surface area contributed by atoms with Crippen LogP contribution in [-0.4, -0.2) is 47.3 Å². The van der Waals surface area contributed by atoms with Gasteiger partial charge in [0.1, 0.15) is 16.8 Å². The fourth-order valence-electron chi connectivity index (χ4n) is 1.98. The van der Waals surface area contributed by atoms with Crippen LogP contribution in [0.1, 0.15) is 15.9 Å². The summed E-state index contributed by atoms with van der Waals surface area (Å²) in [5.41, 5.74) is 1.35. The fourth-order valence-corrected chi connectivity index (χ4v) is 2.19. The van der Waals surface area contributed by atoms with Crippen LogP contribution >= 0.6 is 11.6 Å². The molecule has 2 aromatic rings. The summed E-state index contributed by atoms with van der Waals surface area (Å²) in [6, 6.07) is 6.58. The summed E-state index contributed by atoms with van der Waals surface area (Å²) in [6.45, 7) is 1.80. The standard InChI is InChI=1S/C16H18ClN5O2/c1-10-4-5-13(19-8-10)21-15(23)9-22(3)16(24)11-6-12(17)20-14(7-11)18-2/h4-8H,9H2,1-3H3,(H,18,20)(H,19,21,23). The molecule has 0 spiro atoms. The summed E-state index contributed by atoms with van der Waals surface area (Å²) in [5.74, 6) is 0.252. The number of aromatic nitrogens is 2. The van der Waals surface area contributed by atoms with Crippen LogP contribution in [0.15, 0.2) is 30.5 Å². The number of nitrogens with zero attached hydrogens (tertiary/aromatic N) is 3. The van der Waals surface area contributed by atoms with Crippen molar-refractivity contribution in [3.05, 3.63) is 46.7 Å². The van der Waals surface area contributed by atoms with E-state index in [1.807, 2.05) is 13.0 Å². The van der Waals surface area contributed by atoms with Gasteiger partial charge in [-0.3, -0.25) is 9.59 Å². The molecule has 7 nitrogen and oxygen atoms in total. The summed E-state index contributed by atoms with van der Waals surface area (Å²) < 4.78 is 0. The Balaban J connectivity index is 2.01. The van der Waals surface area contributed by atoms with Crippen molar-refractivity contribution in [2.75, 3.05) is 31.3 Å². The second kappa shape index (κ2) is 7.74. The molecule has 0 fully saturated rings. The summed E-state index contributed by atoms with van der Waals surface area (Å²) in [4.78, 5) is 33.9. The zero-order chi connectivity index (χ0) is 17.7. The molecule has 24 heavy (non-hydrogen) atoms. The van der Waals surface area contributed by atoms with E-state index in [1.165, 1.54) is 18.0 Å². The lowest BCUT2D eigenvalue weighted by Gasteiger charge is -2.17. The first kappa shape index (κ1) is 17.7. The number of carbonyl (C=O) groups is 2. The molecule has 0 aromatic carbocycles. The summed E-state index contributed by atoms with van der Waals surface area (Å²) in [7, 11) is 3.22. The maximum atomic E-state index is 12.4. The number of hydrogen-bond donors (Lipinski definition) is 2. The SMILES string of the molecule is CNc1cc(C(=O)N(C)CC(=O)Nc2ccc(C)cn2)cc(Cl)n1. The molecule has 126 valence electrons. The van der Waals surface area contributed by atoms with Crippen LogP contribution in [0.3, 0.4) is 0 Å². The predicted molar refractivity (Wildman–Crippen MR) is 93.4 cm³/mol. The Labute approximate surface area is 145 Å². The number of pyridine rings is 2. The molecule has 0 aliphatic rings. The topological polar surface area (TPSA) is 87.2 Å². The highest BCUT2D eigenvalue weighted by molar-refractivity contribution is 6.29. The fraction of sp³-hybridized carbons (Fsp3) is 0.250. The average Bonchev–Trinajstić information content (AvgIpc) is 2.55. The third kappa shape index (κ3) is 4.66. The first-order chi connectivity index (χ1) is 11.4. The number of aryl methyl sites for hydroxylation is 1. The zero-order valence-electron chi connectivity index (χ0n) is 13.6. The van der Waals surface area contributed by atoms with E-state index in [-0.39, 0.29) is 23.5 Å². The molecule has 0 saturated heterocycles. The van der Waals surface area contributed by atoms with Crippen molar-refractivity contribution in [1.82, 2.24) is 14.9 Å². The van der Waals surface area contributed by atoms with Gasteiger partial charge in [-0.1, -0.05) is 17.7 Å². The Kier molecular flexibility index (Phi) is 5.70. The van der Waals surface area contributed by atoms with Crippen LogP contribution in [0.5, 0.6) is 0 Å². The van der Waals surface area contributed by atoms with Gasteiger partial charge in [0.15, 0.2) is 0 Å². The highest BCUT2D eigenvalue weighted by atomic mass is 35.5. The predicted octanol–water partition coefficient (Wildman–Crippen LogP) is 2.19. The number of hydrogen-bond acceptors (Lipinski definition) is 5. The smallest absolute Gasteiger partial charge is 0.254 e. The van der Waals surface area contributed by atoms with Crippen molar-refractivity contribution in [1.29, 1.82) is 0 Å². The molecular formula is C16H18ClN5O2. The second-order valence-electron chi connectivity index (χ2n) is 5.24. The van der Waals surface area contributed by atoms with Gasteiger partial charge in [-0.2, -0.15) is 0 Å². The lowest BCUT2D eigenvalue weighted by Crippen LogP contribution is -2.35. The van der Waals surface area contributed by atoms with Crippen molar-refractivity contribution in [3.63, 3.8) is 0 Å². The van der Waals surface area contributed by atoms with E-state index < -0.39 is 0 Å². The van der Waals surface area contributed by atoms with Crippen molar-refractivity contribution in [2.45, 2.75) is 6.92 Å². The van der Waals surface area contributed by atoms with E-state index >= 15 is 0 Å². The van der Waals surface area contributed by atoms with E-state index in [9.17, 15) is 9.59 Å². The average molecular weight is 348 g/mol. The first-order valence-electron chi connectivity index (χ1n) is 7.22. The van der Waals surface area contributed by atoms with Crippen molar-refractivity contribution in [3.8, 4) is 0 Å². The molecule has 2 heterocycles. The third-order valence-electron chi connectivity index (χ3n) is 3.20. The van der Waals surface area contributed by atoms with Crippen LogP contribution < -0.4 is 10.6 Å². The highest BCUT2D eigenvalue weighted by Gasteiger charge is 2.17. The number of rotatable bonds is 5. The quantitative estimate of drug-likeness (QED) is 0.809. The van der Waals surface area contributed by atoms with E-state index in [2.05, 4.69) is 20.6 Å². The van der Waals surface area contributed by atoms with E-state index in [1.54, 1.807) is 25.4 Å². The van der Waals surface area contributed by atoms with Crippen molar-refractivity contribution < 1.29 is 9.59 Å². The summed E-state index contributed by atoms with van der Waals surface area (Å²) >= 11 is 5.89. The molecule has 0 bridgehead atoms. The second-order valence-corrected chi connectivity index (χ2v) is 5.63. The number of likely N-dealkylation sites (N-methyl/N-ethyl adjacent to an activating group) is 1. The third-order valence-corrected chi connectivity index (χ3v) is 3.40. The van der Waals surface area contributed by atoms with E-state index in [0.29, 0.717) is 17.2 Å². The van der Waals surface area contributed by atoms with E-state index in [4.69, 9.17) is 11.6 Å². The van der Waals surface area contributed by atoms with Crippen molar-refractivity contribution >= 4 is 35.1 Å². The van der Waals surface area contributed by atoms with Crippen LogP contribution in [0.25, 0.3) is 0 Å². The maximum absolute atomic E-state index is 12.4. The number of carbonyl (C=O) groups excluding carboxylic acids is 2. The largest absolute Gasteiger partial charge is 0.373 e. The van der Waals surface area contributed by atoms with Crippen molar-refractivity contribution in [2.24, 2.45) is 0 Å². The van der Waals surface area contributed by atoms with Crippen LogP contribution in [0, 0.1) is 6.92 Å².